The van der Waals surface area contributed by atoms with Crippen molar-refractivity contribution < 1.29 is 13.5 Å². The Kier molecular flexibility index (Phi) is 3.52. The van der Waals surface area contributed by atoms with Gasteiger partial charge in [-0.25, -0.2) is 18.1 Å². The van der Waals surface area contributed by atoms with E-state index in [1.54, 1.807) is 5.38 Å². The Bertz CT molecular complexity index is 576. The fourth-order valence-corrected chi connectivity index (χ4v) is 3.36. The van der Waals surface area contributed by atoms with Gasteiger partial charge in [0.25, 0.3) is 0 Å². The normalized spacial score (nSPS) is 11.8. The van der Waals surface area contributed by atoms with Crippen LogP contribution < -0.4 is 4.72 Å². The molecule has 2 aromatic heterocycles. The minimum Gasteiger partial charge on any atom is -0.392 e. The maximum Gasteiger partial charge on any atom is 0.250 e. The fraction of sp³-hybridized carbons (Fsp3) is 0.250. The number of aromatic amines is 1. The van der Waals surface area contributed by atoms with Crippen LogP contribution >= 0.6 is 11.3 Å². The maximum absolute atomic E-state index is 11.8. The van der Waals surface area contributed by atoms with Gasteiger partial charge in [0.05, 0.1) is 13.2 Å². The molecule has 3 N–H and O–H groups in total. The summed E-state index contributed by atoms with van der Waals surface area (Å²) in [6.07, 6.45) is 1.30. The lowest BCUT2D eigenvalue weighted by atomic mass is 10.4. The molecule has 0 radical (unpaired) electrons. The van der Waals surface area contributed by atoms with Crippen LogP contribution in [0.5, 0.6) is 0 Å². The van der Waals surface area contributed by atoms with E-state index < -0.39 is 10.0 Å². The van der Waals surface area contributed by atoms with Crippen LogP contribution in [0.4, 0.5) is 0 Å². The van der Waals surface area contributed by atoms with Gasteiger partial charge in [0.2, 0.25) is 10.0 Å². The van der Waals surface area contributed by atoms with Crippen molar-refractivity contribution >= 4 is 21.4 Å². The zero-order chi connectivity index (χ0) is 12.3. The van der Waals surface area contributed by atoms with E-state index in [-0.39, 0.29) is 17.4 Å². The number of aliphatic hydroxyl groups is 1. The number of sulfonamides is 1. The van der Waals surface area contributed by atoms with Crippen LogP contribution in [0.2, 0.25) is 0 Å². The molecule has 2 aromatic rings. The molecular weight excluding hydrogens is 264 g/mol. The molecule has 0 saturated heterocycles. The summed E-state index contributed by atoms with van der Waals surface area (Å²) >= 11 is 1.06. The molecule has 0 atom stereocenters. The summed E-state index contributed by atoms with van der Waals surface area (Å²) in [4.78, 5) is 3.80. The zero-order valence-corrected chi connectivity index (χ0v) is 10.3. The molecule has 0 aromatic carbocycles. The summed E-state index contributed by atoms with van der Waals surface area (Å²) in [6.45, 7) is -0.122. The zero-order valence-electron chi connectivity index (χ0n) is 8.62. The summed E-state index contributed by atoms with van der Waals surface area (Å²) in [5, 5.41) is 16.6. The van der Waals surface area contributed by atoms with Gasteiger partial charge in [-0.05, 0) is 17.0 Å². The molecule has 0 unspecified atom stereocenters. The SMILES string of the molecule is O=S(=O)(NCc1ncn[nH]1)c1cc(CO)cs1. The average molecular weight is 274 g/mol. The topological polar surface area (TPSA) is 108 Å². The third-order valence-corrected chi connectivity index (χ3v) is 4.86. The molecule has 0 aliphatic carbocycles. The van der Waals surface area contributed by atoms with Gasteiger partial charge in [0, 0.05) is 0 Å². The minimum atomic E-state index is -3.56. The third kappa shape index (κ3) is 2.88. The number of aliphatic hydroxyl groups excluding tert-OH is 1. The molecule has 0 aliphatic rings. The van der Waals surface area contributed by atoms with E-state index in [2.05, 4.69) is 19.9 Å². The van der Waals surface area contributed by atoms with Gasteiger partial charge in [-0.3, -0.25) is 5.10 Å². The van der Waals surface area contributed by atoms with Crippen molar-refractivity contribution in [3.05, 3.63) is 29.2 Å². The molecule has 17 heavy (non-hydrogen) atoms. The van der Waals surface area contributed by atoms with E-state index in [4.69, 9.17) is 5.11 Å². The molecule has 0 spiro atoms. The van der Waals surface area contributed by atoms with Crippen molar-refractivity contribution in [2.75, 3.05) is 0 Å². The molecule has 0 bridgehead atoms. The predicted molar refractivity (Wildman–Crippen MR) is 60.7 cm³/mol. The Hall–Kier alpha value is -1.29. The molecule has 0 fully saturated rings. The largest absolute Gasteiger partial charge is 0.392 e. The number of hydrogen-bond donors (Lipinski definition) is 3. The van der Waals surface area contributed by atoms with E-state index in [9.17, 15) is 8.42 Å². The maximum atomic E-state index is 11.8. The lowest BCUT2D eigenvalue weighted by molar-refractivity contribution is 0.282. The quantitative estimate of drug-likeness (QED) is 0.702. The van der Waals surface area contributed by atoms with Crippen molar-refractivity contribution in [3.8, 4) is 0 Å². The molecule has 0 aliphatic heterocycles. The van der Waals surface area contributed by atoms with Gasteiger partial charge in [-0.15, -0.1) is 11.3 Å². The van der Waals surface area contributed by atoms with Crippen molar-refractivity contribution in [1.82, 2.24) is 19.9 Å². The average Bonchev–Trinajstić information content (AvgIpc) is 2.98. The molecule has 0 amide bonds. The van der Waals surface area contributed by atoms with Gasteiger partial charge < -0.3 is 5.11 Å². The first kappa shape index (κ1) is 12.2. The number of hydrogen-bond acceptors (Lipinski definition) is 6. The highest BCUT2D eigenvalue weighted by Gasteiger charge is 2.16. The second kappa shape index (κ2) is 4.92. The van der Waals surface area contributed by atoms with E-state index in [0.29, 0.717) is 11.4 Å². The van der Waals surface area contributed by atoms with E-state index >= 15 is 0 Å². The highest BCUT2D eigenvalue weighted by atomic mass is 32.2. The predicted octanol–water partition coefficient (Wildman–Crippen LogP) is -0.163. The van der Waals surface area contributed by atoms with Crippen LogP contribution in [0.15, 0.2) is 22.0 Å². The van der Waals surface area contributed by atoms with Crippen LogP contribution in [0, 0.1) is 0 Å². The van der Waals surface area contributed by atoms with Gasteiger partial charge in [0.1, 0.15) is 16.4 Å². The second-order valence-corrected chi connectivity index (χ2v) is 6.09. The summed E-state index contributed by atoms with van der Waals surface area (Å²) in [5.41, 5.74) is 0.579. The monoisotopic (exact) mass is 274 g/mol. The van der Waals surface area contributed by atoms with Crippen LogP contribution in [-0.2, 0) is 23.2 Å². The van der Waals surface area contributed by atoms with E-state index in [1.807, 2.05) is 0 Å². The molecule has 2 rings (SSSR count). The number of thiophene rings is 1. The first-order valence-electron chi connectivity index (χ1n) is 4.64. The molecular formula is C8H10N4O3S2. The minimum absolute atomic E-state index is 0.0503. The highest BCUT2D eigenvalue weighted by molar-refractivity contribution is 7.91. The summed E-state index contributed by atoms with van der Waals surface area (Å²) in [7, 11) is -3.56. The number of aromatic nitrogens is 3. The Morgan fingerprint density at radius 2 is 2.35 bits per heavy atom. The van der Waals surface area contributed by atoms with Gasteiger partial charge >= 0.3 is 0 Å². The van der Waals surface area contributed by atoms with Crippen LogP contribution in [0.1, 0.15) is 11.4 Å². The summed E-state index contributed by atoms with van der Waals surface area (Å²) in [6, 6.07) is 1.44. The van der Waals surface area contributed by atoms with Crippen LogP contribution in [0.3, 0.4) is 0 Å². The van der Waals surface area contributed by atoms with Gasteiger partial charge in [0.15, 0.2) is 0 Å². The Labute approximate surface area is 102 Å². The lowest BCUT2D eigenvalue weighted by Gasteiger charge is -2.01. The number of nitrogens with zero attached hydrogens (tertiary/aromatic N) is 2. The fourth-order valence-electron chi connectivity index (χ4n) is 1.13. The summed E-state index contributed by atoms with van der Waals surface area (Å²) < 4.78 is 26.2. The molecule has 2 heterocycles. The Morgan fingerprint density at radius 3 is 2.94 bits per heavy atom. The first-order valence-corrected chi connectivity index (χ1v) is 7.00. The van der Waals surface area contributed by atoms with Crippen molar-refractivity contribution in [1.29, 1.82) is 0 Å². The Morgan fingerprint density at radius 1 is 1.53 bits per heavy atom. The highest BCUT2D eigenvalue weighted by Crippen LogP contribution is 2.20. The van der Waals surface area contributed by atoms with Crippen LogP contribution in [-0.4, -0.2) is 28.7 Å². The Balaban J connectivity index is 2.08. The molecule has 7 nitrogen and oxygen atoms in total. The van der Waals surface area contributed by atoms with Crippen molar-refractivity contribution in [2.24, 2.45) is 0 Å². The van der Waals surface area contributed by atoms with Gasteiger partial charge in [-0.2, -0.15) is 5.10 Å². The molecule has 9 heteroatoms. The summed E-state index contributed by atoms with van der Waals surface area (Å²) in [5.74, 6) is 0.438. The van der Waals surface area contributed by atoms with Crippen LogP contribution in [0.25, 0.3) is 0 Å². The smallest absolute Gasteiger partial charge is 0.250 e. The third-order valence-electron chi connectivity index (χ3n) is 1.97. The number of rotatable bonds is 5. The molecule has 0 saturated carbocycles. The molecule has 92 valence electrons. The van der Waals surface area contributed by atoms with E-state index in [1.165, 1.54) is 12.4 Å². The second-order valence-electron chi connectivity index (χ2n) is 3.19. The number of H-pyrrole nitrogens is 1. The van der Waals surface area contributed by atoms with E-state index in [0.717, 1.165) is 11.3 Å². The van der Waals surface area contributed by atoms with Crippen molar-refractivity contribution in [3.63, 3.8) is 0 Å². The number of nitrogens with one attached hydrogen (secondary N) is 2. The standard InChI is InChI=1S/C8H10N4O3S2/c13-3-6-1-8(16-4-6)17(14,15)11-2-7-9-5-10-12-7/h1,4-5,11,13H,2-3H2,(H,9,10,12). The van der Waals surface area contributed by atoms with Gasteiger partial charge in [-0.1, -0.05) is 0 Å². The first-order chi connectivity index (χ1) is 8.12. The lowest BCUT2D eigenvalue weighted by Crippen LogP contribution is -2.23. The van der Waals surface area contributed by atoms with Crippen molar-refractivity contribution in [2.45, 2.75) is 17.4 Å².